The highest BCUT2D eigenvalue weighted by Gasteiger charge is 2.28. The Bertz CT molecular complexity index is 774. The lowest BCUT2D eigenvalue weighted by atomic mass is 10.2. The normalized spacial score (nSPS) is 15.2. The third-order valence-corrected chi connectivity index (χ3v) is 3.07. The van der Waals surface area contributed by atoms with Gasteiger partial charge < -0.3 is 5.84 Å². The van der Waals surface area contributed by atoms with E-state index >= 15 is 0 Å². The average Bonchev–Trinajstić information content (AvgIpc) is 3.14. The van der Waals surface area contributed by atoms with Crippen LogP contribution in [0.25, 0.3) is 10.9 Å². The first-order chi connectivity index (χ1) is 8.50. The first kappa shape index (κ1) is 10.9. The molecule has 18 heavy (non-hydrogen) atoms. The van der Waals surface area contributed by atoms with E-state index in [1.54, 1.807) is 0 Å². The molecular formula is C11H9F2N3O2. The number of nitrogens with two attached hydrogens (primary N) is 1. The zero-order valence-corrected chi connectivity index (χ0v) is 9.19. The van der Waals surface area contributed by atoms with Gasteiger partial charge in [0.05, 0.1) is 10.9 Å². The molecule has 0 saturated heterocycles. The quantitative estimate of drug-likeness (QED) is 0.752. The molecule has 2 N–H and O–H groups in total. The number of halogens is 2. The third-order valence-electron chi connectivity index (χ3n) is 3.07. The molecule has 0 bridgehead atoms. The Labute approximate surface area is 99.0 Å². The van der Waals surface area contributed by atoms with Gasteiger partial charge in [0.15, 0.2) is 11.6 Å². The van der Waals surface area contributed by atoms with Crippen LogP contribution in [-0.2, 0) is 0 Å². The Balaban J connectivity index is 2.56. The van der Waals surface area contributed by atoms with Gasteiger partial charge in [0.25, 0.3) is 5.56 Å². The van der Waals surface area contributed by atoms with E-state index in [0.29, 0.717) is 4.68 Å². The van der Waals surface area contributed by atoms with Crippen molar-refractivity contribution in [2.75, 3.05) is 5.84 Å². The second-order valence-corrected chi connectivity index (χ2v) is 4.34. The van der Waals surface area contributed by atoms with Crippen LogP contribution in [0, 0.1) is 11.6 Å². The minimum Gasteiger partial charge on any atom is -0.332 e. The molecule has 0 atom stereocenters. The van der Waals surface area contributed by atoms with Crippen LogP contribution < -0.4 is 17.1 Å². The fourth-order valence-corrected chi connectivity index (χ4v) is 2.03. The van der Waals surface area contributed by atoms with E-state index in [4.69, 9.17) is 5.84 Å². The van der Waals surface area contributed by atoms with Gasteiger partial charge in [-0.2, -0.15) is 4.68 Å². The van der Waals surface area contributed by atoms with Gasteiger partial charge in [-0.05, 0) is 18.9 Å². The summed E-state index contributed by atoms with van der Waals surface area (Å²) in [6.45, 7) is 0. The van der Waals surface area contributed by atoms with Gasteiger partial charge in [-0.3, -0.25) is 9.36 Å². The molecule has 1 heterocycles. The Morgan fingerprint density at radius 2 is 1.78 bits per heavy atom. The fourth-order valence-electron chi connectivity index (χ4n) is 2.03. The molecule has 5 nitrogen and oxygen atoms in total. The lowest BCUT2D eigenvalue weighted by Gasteiger charge is -2.10. The van der Waals surface area contributed by atoms with Crippen LogP contribution in [-0.4, -0.2) is 9.24 Å². The van der Waals surface area contributed by atoms with Gasteiger partial charge in [-0.15, -0.1) is 0 Å². The third kappa shape index (κ3) is 1.36. The van der Waals surface area contributed by atoms with E-state index in [0.717, 1.165) is 25.0 Å². The van der Waals surface area contributed by atoms with Gasteiger partial charge in [0, 0.05) is 12.1 Å². The molecule has 0 unspecified atom stereocenters. The van der Waals surface area contributed by atoms with Crippen molar-refractivity contribution in [3.05, 3.63) is 44.6 Å². The van der Waals surface area contributed by atoms with Gasteiger partial charge in [0.2, 0.25) is 0 Å². The van der Waals surface area contributed by atoms with E-state index in [-0.39, 0.29) is 16.9 Å². The van der Waals surface area contributed by atoms with Crippen molar-refractivity contribution >= 4 is 10.9 Å². The van der Waals surface area contributed by atoms with Crippen LogP contribution in [0.2, 0.25) is 0 Å². The Hall–Kier alpha value is -2.18. The van der Waals surface area contributed by atoms with Crippen LogP contribution in [0.1, 0.15) is 18.9 Å². The summed E-state index contributed by atoms with van der Waals surface area (Å²) < 4.78 is 28.1. The zero-order valence-electron chi connectivity index (χ0n) is 9.19. The Morgan fingerprint density at radius 1 is 1.17 bits per heavy atom. The lowest BCUT2D eigenvalue weighted by Crippen LogP contribution is -2.44. The molecule has 0 radical (unpaired) electrons. The number of fused-ring (bicyclic) bond motifs is 1. The van der Waals surface area contributed by atoms with E-state index < -0.39 is 22.9 Å². The molecule has 0 aliphatic heterocycles. The molecule has 1 saturated carbocycles. The zero-order chi connectivity index (χ0) is 13.0. The number of rotatable bonds is 1. The standard InChI is InChI=1S/C11H9F2N3O2/c12-7-3-6-9(4-8(7)13)15(5-1-2-5)11(18)16(14)10(6)17/h3-5H,1-2,14H2. The monoisotopic (exact) mass is 253 g/mol. The van der Waals surface area contributed by atoms with E-state index in [9.17, 15) is 18.4 Å². The highest BCUT2D eigenvalue weighted by Crippen LogP contribution is 2.35. The van der Waals surface area contributed by atoms with Crippen molar-refractivity contribution in [2.45, 2.75) is 18.9 Å². The predicted molar refractivity (Wildman–Crippen MR) is 60.8 cm³/mol. The summed E-state index contributed by atoms with van der Waals surface area (Å²) in [5.41, 5.74) is -1.44. The molecule has 0 spiro atoms. The Kier molecular flexibility index (Phi) is 2.07. The maximum Gasteiger partial charge on any atom is 0.350 e. The van der Waals surface area contributed by atoms with Crippen LogP contribution in [0.3, 0.4) is 0 Å². The van der Waals surface area contributed by atoms with Crippen molar-refractivity contribution in [1.82, 2.24) is 9.24 Å². The molecule has 7 heteroatoms. The number of nitrogens with zero attached hydrogens (tertiary/aromatic N) is 2. The molecule has 1 aromatic carbocycles. The van der Waals surface area contributed by atoms with E-state index in [2.05, 4.69) is 0 Å². The fraction of sp³-hybridized carbons (Fsp3) is 0.273. The summed E-state index contributed by atoms with van der Waals surface area (Å²) in [7, 11) is 0. The second kappa shape index (κ2) is 3.41. The van der Waals surface area contributed by atoms with Crippen molar-refractivity contribution in [2.24, 2.45) is 0 Å². The summed E-state index contributed by atoms with van der Waals surface area (Å²) in [6, 6.07) is 1.54. The molecule has 3 rings (SSSR count). The summed E-state index contributed by atoms with van der Waals surface area (Å²) in [5, 5.41) is -0.0945. The van der Waals surface area contributed by atoms with Gasteiger partial charge in [-0.1, -0.05) is 0 Å². The SMILES string of the molecule is Nn1c(=O)c2cc(F)c(F)cc2n(C2CC2)c1=O. The van der Waals surface area contributed by atoms with E-state index in [1.807, 2.05) is 0 Å². The summed E-state index contributed by atoms with van der Waals surface area (Å²) >= 11 is 0. The first-order valence-corrected chi connectivity index (χ1v) is 5.42. The average molecular weight is 253 g/mol. The van der Waals surface area contributed by atoms with Crippen LogP contribution >= 0.6 is 0 Å². The minimum atomic E-state index is -1.14. The van der Waals surface area contributed by atoms with Gasteiger partial charge in [-0.25, -0.2) is 13.6 Å². The van der Waals surface area contributed by atoms with Crippen molar-refractivity contribution in [1.29, 1.82) is 0 Å². The predicted octanol–water partition coefficient (Wildman–Crippen LogP) is 0.490. The number of benzene rings is 1. The summed E-state index contributed by atoms with van der Waals surface area (Å²) in [6.07, 6.45) is 1.51. The van der Waals surface area contributed by atoms with Crippen LogP contribution in [0.5, 0.6) is 0 Å². The molecule has 0 amide bonds. The highest BCUT2D eigenvalue weighted by molar-refractivity contribution is 5.78. The topological polar surface area (TPSA) is 70.0 Å². The largest absolute Gasteiger partial charge is 0.350 e. The molecular weight excluding hydrogens is 244 g/mol. The maximum atomic E-state index is 13.2. The minimum absolute atomic E-state index is 0.0908. The molecule has 1 fully saturated rings. The maximum absolute atomic E-state index is 13.2. The number of nitrogen functional groups attached to an aromatic ring is 1. The van der Waals surface area contributed by atoms with Gasteiger partial charge in [0.1, 0.15) is 0 Å². The number of hydrogen-bond acceptors (Lipinski definition) is 3. The molecule has 1 aliphatic carbocycles. The highest BCUT2D eigenvalue weighted by atomic mass is 19.2. The smallest absolute Gasteiger partial charge is 0.332 e. The first-order valence-electron chi connectivity index (χ1n) is 5.42. The summed E-state index contributed by atoms with van der Waals surface area (Å²) in [4.78, 5) is 23.6. The molecule has 94 valence electrons. The lowest BCUT2D eigenvalue weighted by molar-refractivity contribution is 0.509. The molecule has 1 aliphatic rings. The van der Waals surface area contributed by atoms with Gasteiger partial charge >= 0.3 is 5.69 Å². The molecule has 2 aromatic rings. The van der Waals surface area contributed by atoms with Crippen LogP contribution in [0.15, 0.2) is 21.7 Å². The Morgan fingerprint density at radius 3 is 2.39 bits per heavy atom. The van der Waals surface area contributed by atoms with Crippen LogP contribution in [0.4, 0.5) is 8.78 Å². The second-order valence-electron chi connectivity index (χ2n) is 4.34. The number of hydrogen-bond donors (Lipinski definition) is 1. The summed E-state index contributed by atoms with van der Waals surface area (Å²) in [5.74, 6) is 3.13. The number of aromatic nitrogens is 2. The van der Waals surface area contributed by atoms with Crippen molar-refractivity contribution < 1.29 is 8.78 Å². The van der Waals surface area contributed by atoms with E-state index in [1.165, 1.54) is 4.57 Å². The molecule has 1 aromatic heterocycles. The van der Waals surface area contributed by atoms with Crippen molar-refractivity contribution in [3.8, 4) is 0 Å². The van der Waals surface area contributed by atoms with Crippen molar-refractivity contribution in [3.63, 3.8) is 0 Å².